The van der Waals surface area contributed by atoms with Crippen molar-refractivity contribution in [3.05, 3.63) is 35.8 Å². The van der Waals surface area contributed by atoms with Crippen molar-refractivity contribution in [2.75, 3.05) is 6.61 Å². The Bertz CT molecular complexity index is 334. The highest BCUT2D eigenvalue weighted by molar-refractivity contribution is 7.99. The lowest BCUT2D eigenvalue weighted by molar-refractivity contribution is 0.348. The number of hydrogen-bond acceptors (Lipinski definition) is 2. The van der Waals surface area contributed by atoms with Gasteiger partial charge in [-0.25, -0.2) is 4.21 Å². The molecule has 0 N–H and O–H groups in total. The highest BCUT2D eigenvalue weighted by Crippen LogP contribution is 2.09. The van der Waals surface area contributed by atoms with Crippen LogP contribution in [-0.2, 0) is 14.0 Å². The predicted molar refractivity (Wildman–Crippen MR) is 64.6 cm³/mol. The van der Waals surface area contributed by atoms with Crippen LogP contribution in [0.1, 0.15) is 20.3 Å². The third kappa shape index (κ3) is 5.04. The molecule has 0 aromatic rings. The van der Waals surface area contributed by atoms with Gasteiger partial charge in [-0.3, -0.25) is 4.18 Å². The molecule has 80 valence electrons. The molecule has 0 aliphatic rings. The molecule has 0 aliphatic carbocycles. The van der Waals surface area contributed by atoms with Gasteiger partial charge in [-0.05, 0) is 25.3 Å². The van der Waals surface area contributed by atoms with Gasteiger partial charge in [0.05, 0.1) is 6.61 Å². The first-order valence-corrected chi connectivity index (χ1v) is 6.09. The number of hydrogen-bond donors (Lipinski definition) is 0. The van der Waals surface area contributed by atoms with E-state index in [2.05, 4.69) is 19.0 Å². The predicted octanol–water partition coefficient (Wildman–Crippen LogP) is 2.69. The van der Waals surface area contributed by atoms with Crippen LogP contribution in [-0.4, -0.2) is 16.7 Å². The minimum absolute atomic E-state index is 0.397. The Kier molecular flexibility index (Phi) is 5.50. The molecule has 3 heteroatoms. The van der Waals surface area contributed by atoms with E-state index >= 15 is 0 Å². The van der Waals surface area contributed by atoms with Crippen LogP contribution in [0.3, 0.4) is 0 Å². The quantitative estimate of drug-likeness (QED) is 0.502. The largest absolute Gasteiger partial charge is 0.295 e. The van der Waals surface area contributed by atoms with E-state index in [9.17, 15) is 4.21 Å². The Morgan fingerprint density at radius 3 is 2.43 bits per heavy atom. The van der Waals surface area contributed by atoms with Crippen LogP contribution in [0.25, 0.3) is 0 Å². The van der Waals surface area contributed by atoms with Crippen LogP contribution in [0.2, 0.25) is 0 Å². The number of allylic oxidation sites excluding steroid dienone is 3. The van der Waals surface area contributed by atoms with Crippen molar-refractivity contribution in [2.24, 2.45) is 0 Å². The second kappa shape index (κ2) is 5.83. The zero-order valence-electron chi connectivity index (χ0n) is 8.91. The monoisotopic (exact) mass is 214 g/mol. The average molecular weight is 214 g/mol. The summed E-state index contributed by atoms with van der Waals surface area (Å²) in [6.07, 6.45) is 4.18. The average Bonchev–Trinajstić information content (AvgIpc) is 2.10. The fraction of sp³-hybridized carbons (Fsp3) is 0.364. The molecule has 0 saturated carbocycles. The first kappa shape index (κ1) is 13.2. The second-order valence-corrected chi connectivity index (χ2v) is 5.07. The fourth-order valence-electron chi connectivity index (χ4n) is 0.633. The highest BCUT2D eigenvalue weighted by atomic mass is 32.2. The van der Waals surface area contributed by atoms with Crippen LogP contribution in [0.5, 0.6) is 0 Å². The maximum Gasteiger partial charge on any atom is 0.105 e. The molecule has 0 aliphatic heterocycles. The third-order valence-corrected chi connectivity index (χ3v) is 2.91. The van der Waals surface area contributed by atoms with Crippen molar-refractivity contribution >= 4 is 15.7 Å². The summed E-state index contributed by atoms with van der Waals surface area (Å²) in [6, 6.07) is 0. The lowest BCUT2D eigenvalue weighted by Gasteiger charge is -2.08. The summed E-state index contributed by atoms with van der Waals surface area (Å²) in [4.78, 5) is 0.397. The Hall–Kier alpha value is -0.800. The summed E-state index contributed by atoms with van der Waals surface area (Å²) >= 11 is 0. The molecule has 1 unspecified atom stereocenters. The van der Waals surface area contributed by atoms with Crippen LogP contribution < -0.4 is 0 Å². The van der Waals surface area contributed by atoms with E-state index in [1.54, 1.807) is 12.2 Å². The number of rotatable bonds is 6. The van der Waals surface area contributed by atoms with Gasteiger partial charge in [-0.2, -0.15) is 0 Å². The summed E-state index contributed by atoms with van der Waals surface area (Å²) in [5.41, 5.74) is 0.872. The van der Waals surface area contributed by atoms with Gasteiger partial charge in [0, 0.05) is 4.91 Å². The van der Waals surface area contributed by atoms with E-state index in [1.165, 1.54) is 0 Å². The summed E-state index contributed by atoms with van der Waals surface area (Å²) in [5, 5.41) is 0. The smallest absolute Gasteiger partial charge is 0.105 e. The van der Waals surface area contributed by atoms with Crippen molar-refractivity contribution in [2.45, 2.75) is 20.3 Å². The molecule has 0 rings (SSSR count). The Balaban J connectivity index is 4.45. The summed E-state index contributed by atoms with van der Waals surface area (Å²) in [5.74, 6) is 3.51. The minimum Gasteiger partial charge on any atom is -0.295 e. The van der Waals surface area contributed by atoms with Crippen molar-refractivity contribution < 1.29 is 8.39 Å². The van der Waals surface area contributed by atoms with E-state index in [0.717, 1.165) is 12.0 Å². The van der Waals surface area contributed by atoms with Gasteiger partial charge in [0.2, 0.25) is 0 Å². The minimum atomic E-state index is -2.64. The molecular formula is C11H18O2S. The highest BCUT2D eigenvalue weighted by Gasteiger charge is 2.05. The van der Waals surface area contributed by atoms with Gasteiger partial charge in [0.25, 0.3) is 0 Å². The van der Waals surface area contributed by atoms with Gasteiger partial charge in [0.15, 0.2) is 0 Å². The molecule has 0 spiro atoms. The first-order valence-electron chi connectivity index (χ1n) is 4.44. The van der Waals surface area contributed by atoms with Crippen molar-refractivity contribution in [3.8, 4) is 0 Å². The SMILES string of the molecule is C=C(C)C=CC(=C)S(=C)(=O)OCCC. The Morgan fingerprint density at radius 2 is 2.00 bits per heavy atom. The standard InChI is InChI=1S/C11H18O2S/c1-6-9-13-14(5,12)11(4)8-7-10(2)3/h7-8H,2,4-6,9H2,1,3H3. The summed E-state index contributed by atoms with van der Waals surface area (Å²) in [7, 11) is -2.64. The van der Waals surface area contributed by atoms with Gasteiger partial charge >= 0.3 is 0 Å². The van der Waals surface area contributed by atoms with Crippen LogP contribution in [0, 0.1) is 0 Å². The fourth-order valence-corrected chi connectivity index (χ4v) is 1.50. The maximum absolute atomic E-state index is 11.7. The summed E-state index contributed by atoms with van der Waals surface area (Å²) in [6.45, 7) is 11.6. The van der Waals surface area contributed by atoms with E-state index in [0.29, 0.717) is 11.5 Å². The molecule has 0 aromatic carbocycles. The normalized spacial score (nSPS) is 15.3. The topological polar surface area (TPSA) is 26.3 Å². The third-order valence-electron chi connectivity index (χ3n) is 1.43. The van der Waals surface area contributed by atoms with Crippen LogP contribution in [0.4, 0.5) is 0 Å². The molecule has 14 heavy (non-hydrogen) atoms. The van der Waals surface area contributed by atoms with Crippen LogP contribution >= 0.6 is 0 Å². The molecule has 0 heterocycles. The van der Waals surface area contributed by atoms with E-state index < -0.39 is 9.80 Å². The summed E-state index contributed by atoms with van der Waals surface area (Å²) < 4.78 is 16.9. The molecule has 1 atom stereocenters. The Morgan fingerprint density at radius 1 is 1.43 bits per heavy atom. The van der Waals surface area contributed by atoms with Gasteiger partial charge in [0.1, 0.15) is 9.80 Å². The molecule has 0 fully saturated rings. The van der Waals surface area contributed by atoms with Crippen molar-refractivity contribution in [3.63, 3.8) is 0 Å². The molecule has 0 radical (unpaired) electrons. The lowest BCUT2D eigenvalue weighted by atomic mass is 10.3. The molecule has 2 nitrogen and oxygen atoms in total. The first-order chi connectivity index (χ1) is 6.40. The van der Waals surface area contributed by atoms with Gasteiger partial charge in [-0.1, -0.05) is 31.7 Å². The van der Waals surface area contributed by atoms with E-state index in [1.807, 2.05) is 13.8 Å². The lowest BCUT2D eigenvalue weighted by Crippen LogP contribution is -2.07. The second-order valence-electron chi connectivity index (χ2n) is 3.08. The van der Waals surface area contributed by atoms with Gasteiger partial charge < -0.3 is 0 Å². The van der Waals surface area contributed by atoms with Crippen LogP contribution in [0.15, 0.2) is 35.8 Å². The molecular weight excluding hydrogens is 196 g/mol. The van der Waals surface area contributed by atoms with Crippen molar-refractivity contribution in [1.82, 2.24) is 0 Å². The molecule has 0 aromatic heterocycles. The Labute approximate surface area is 87.2 Å². The molecule has 0 amide bonds. The molecule has 0 bridgehead atoms. The van der Waals surface area contributed by atoms with Gasteiger partial charge in [-0.15, -0.1) is 0 Å². The van der Waals surface area contributed by atoms with E-state index in [4.69, 9.17) is 4.18 Å². The maximum atomic E-state index is 11.7. The molecule has 0 saturated heterocycles. The van der Waals surface area contributed by atoms with E-state index in [-0.39, 0.29) is 0 Å². The zero-order chi connectivity index (χ0) is 11.2. The van der Waals surface area contributed by atoms with Crippen molar-refractivity contribution in [1.29, 1.82) is 0 Å². The zero-order valence-corrected chi connectivity index (χ0v) is 9.73.